The molecule has 5 nitrogen and oxygen atoms in total. The maximum absolute atomic E-state index is 12.3. The van der Waals surface area contributed by atoms with Crippen LogP contribution in [0.2, 0.25) is 0 Å². The molecule has 1 aromatic carbocycles. The lowest BCUT2D eigenvalue weighted by Crippen LogP contribution is -2.48. The van der Waals surface area contributed by atoms with Crippen molar-refractivity contribution in [3.63, 3.8) is 0 Å². The summed E-state index contributed by atoms with van der Waals surface area (Å²) in [7, 11) is 0. The number of morpholine rings is 1. The van der Waals surface area contributed by atoms with E-state index in [4.69, 9.17) is 4.74 Å². The van der Waals surface area contributed by atoms with Crippen LogP contribution in [0.5, 0.6) is 0 Å². The van der Waals surface area contributed by atoms with Crippen molar-refractivity contribution in [2.45, 2.75) is 32.4 Å². The van der Waals surface area contributed by atoms with Crippen molar-refractivity contribution in [2.75, 3.05) is 26.2 Å². The SMILES string of the molecule is C[C@@H]1CN(CCCN2C(=O)c3ccccc3C2=O)[C@@H](C)CO1. The van der Waals surface area contributed by atoms with E-state index < -0.39 is 0 Å². The first-order valence-corrected chi connectivity index (χ1v) is 7.89. The molecule has 1 aromatic rings. The number of rotatable bonds is 4. The number of fused-ring (bicyclic) bond motifs is 1. The molecule has 22 heavy (non-hydrogen) atoms. The largest absolute Gasteiger partial charge is 0.376 e. The van der Waals surface area contributed by atoms with Crippen molar-refractivity contribution in [1.82, 2.24) is 9.80 Å². The Morgan fingerprint density at radius 3 is 2.36 bits per heavy atom. The zero-order valence-electron chi connectivity index (χ0n) is 13.1. The molecule has 0 unspecified atom stereocenters. The van der Waals surface area contributed by atoms with Gasteiger partial charge >= 0.3 is 0 Å². The number of imide groups is 1. The minimum atomic E-state index is -0.163. The van der Waals surface area contributed by atoms with Crippen LogP contribution >= 0.6 is 0 Å². The van der Waals surface area contributed by atoms with Crippen molar-refractivity contribution >= 4 is 11.8 Å². The van der Waals surface area contributed by atoms with Gasteiger partial charge in [-0.25, -0.2) is 0 Å². The lowest BCUT2D eigenvalue weighted by atomic mass is 10.1. The molecule has 0 radical (unpaired) electrons. The van der Waals surface area contributed by atoms with Gasteiger partial charge in [0.05, 0.1) is 23.8 Å². The van der Waals surface area contributed by atoms with E-state index in [9.17, 15) is 9.59 Å². The molecule has 2 atom stereocenters. The average Bonchev–Trinajstić information content (AvgIpc) is 2.76. The first-order valence-electron chi connectivity index (χ1n) is 7.89. The zero-order chi connectivity index (χ0) is 15.7. The molecule has 1 saturated heterocycles. The fourth-order valence-electron chi connectivity index (χ4n) is 3.16. The highest BCUT2D eigenvalue weighted by Gasteiger charge is 2.34. The third-order valence-corrected chi connectivity index (χ3v) is 4.44. The highest BCUT2D eigenvalue weighted by molar-refractivity contribution is 6.21. The van der Waals surface area contributed by atoms with Crippen LogP contribution < -0.4 is 0 Å². The Bertz CT molecular complexity index is 552. The van der Waals surface area contributed by atoms with Crippen molar-refractivity contribution in [2.24, 2.45) is 0 Å². The first-order chi connectivity index (χ1) is 10.6. The molecular weight excluding hydrogens is 280 g/mol. The van der Waals surface area contributed by atoms with E-state index in [1.165, 1.54) is 4.90 Å². The molecule has 0 N–H and O–H groups in total. The molecule has 2 heterocycles. The summed E-state index contributed by atoms with van der Waals surface area (Å²) in [6, 6.07) is 7.43. The van der Waals surface area contributed by atoms with Crippen LogP contribution in [0.4, 0.5) is 0 Å². The standard InChI is InChI=1S/C17H22N2O3/c1-12-11-22-13(2)10-18(12)8-5-9-19-16(20)14-6-3-4-7-15(14)17(19)21/h3-4,6-7,12-13H,5,8-11H2,1-2H3/t12-,13+/m0/s1. The van der Waals surface area contributed by atoms with E-state index in [2.05, 4.69) is 18.7 Å². The lowest BCUT2D eigenvalue weighted by Gasteiger charge is -2.36. The van der Waals surface area contributed by atoms with Gasteiger partial charge in [-0.05, 0) is 32.4 Å². The summed E-state index contributed by atoms with van der Waals surface area (Å²) in [5.74, 6) is -0.326. The molecule has 5 heteroatoms. The van der Waals surface area contributed by atoms with Gasteiger partial charge in [-0.2, -0.15) is 0 Å². The van der Waals surface area contributed by atoms with E-state index in [-0.39, 0.29) is 17.9 Å². The highest BCUT2D eigenvalue weighted by Crippen LogP contribution is 2.22. The van der Waals surface area contributed by atoms with Crippen LogP contribution in [0.25, 0.3) is 0 Å². The molecule has 0 saturated carbocycles. The van der Waals surface area contributed by atoms with Gasteiger partial charge in [-0.1, -0.05) is 12.1 Å². The monoisotopic (exact) mass is 302 g/mol. The number of carbonyl (C=O) groups is 2. The molecule has 0 aliphatic carbocycles. The van der Waals surface area contributed by atoms with E-state index in [1.807, 2.05) is 0 Å². The second-order valence-corrected chi connectivity index (χ2v) is 6.15. The summed E-state index contributed by atoms with van der Waals surface area (Å²) in [6.07, 6.45) is 1.04. The Morgan fingerprint density at radius 1 is 1.09 bits per heavy atom. The zero-order valence-corrected chi connectivity index (χ0v) is 13.1. The molecule has 118 valence electrons. The predicted octanol–water partition coefficient (Wildman–Crippen LogP) is 1.78. The molecule has 0 spiro atoms. The summed E-state index contributed by atoms with van der Waals surface area (Å²) in [5, 5.41) is 0. The van der Waals surface area contributed by atoms with Gasteiger partial charge in [-0.15, -0.1) is 0 Å². The Balaban J connectivity index is 1.57. The van der Waals surface area contributed by atoms with Gasteiger partial charge in [0.1, 0.15) is 0 Å². The third kappa shape index (κ3) is 2.78. The summed E-state index contributed by atoms with van der Waals surface area (Å²) in [4.78, 5) is 28.3. The maximum atomic E-state index is 12.3. The van der Waals surface area contributed by atoms with Gasteiger partial charge in [0, 0.05) is 25.7 Å². The smallest absolute Gasteiger partial charge is 0.261 e. The topological polar surface area (TPSA) is 49.9 Å². The number of nitrogens with zero attached hydrogens (tertiary/aromatic N) is 2. The molecule has 2 aliphatic heterocycles. The highest BCUT2D eigenvalue weighted by atomic mass is 16.5. The maximum Gasteiger partial charge on any atom is 0.261 e. The molecule has 0 aromatic heterocycles. The van der Waals surface area contributed by atoms with E-state index in [1.54, 1.807) is 24.3 Å². The molecule has 1 fully saturated rings. The fourth-order valence-corrected chi connectivity index (χ4v) is 3.16. The van der Waals surface area contributed by atoms with Crippen molar-refractivity contribution in [3.05, 3.63) is 35.4 Å². The third-order valence-electron chi connectivity index (χ3n) is 4.44. The Kier molecular flexibility index (Phi) is 4.27. The number of hydrogen-bond donors (Lipinski definition) is 0. The fraction of sp³-hybridized carbons (Fsp3) is 0.529. The van der Waals surface area contributed by atoms with Crippen LogP contribution in [0.3, 0.4) is 0 Å². The normalized spacial score (nSPS) is 25.6. The second-order valence-electron chi connectivity index (χ2n) is 6.15. The van der Waals surface area contributed by atoms with Gasteiger partial charge in [0.2, 0.25) is 0 Å². The summed E-state index contributed by atoms with van der Waals surface area (Å²) in [5.41, 5.74) is 1.06. The van der Waals surface area contributed by atoms with Gasteiger partial charge in [0.25, 0.3) is 11.8 Å². The quantitative estimate of drug-likeness (QED) is 0.796. The minimum absolute atomic E-state index is 0.163. The Labute approximate surface area is 130 Å². The van der Waals surface area contributed by atoms with Crippen LogP contribution in [-0.2, 0) is 4.74 Å². The van der Waals surface area contributed by atoms with Crippen molar-refractivity contribution < 1.29 is 14.3 Å². The summed E-state index contributed by atoms with van der Waals surface area (Å²) in [6.45, 7) is 7.22. The molecule has 0 bridgehead atoms. The van der Waals surface area contributed by atoms with Crippen LogP contribution in [-0.4, -0.2) is 60.0 Å². The molecule has 2 aliphatic rings. The van der Waals surface area contributed by atoms with Crippen molar-refractivity contribution in [3.8, 4) is 0 Å². The second kappa shape index (κ2) is 6.18. The van der Waals surface area contributed by atoms with Crippen LogP contribution in [0.1, 0.15) is 41.0 Å². The lowest BCUT2D eigenvalue weighted by molar-refractivity contribution is -0.0498. The number of benzene rings is 1. The van der Waals surface area contributed by atoms with Crippen molar-refractivity contribution in [1.29, 1.82) is 0 Å². The molecule has 2 amide bonds. The molecule has 3 rings (SSSR count). The molecular formula is C17H22N2O3. The van der Waals surface area contributed by atoms with E-state index in [0.29, 0.717) is 23.7 Å². The average molecular weight is 302 g/mol. The number of amides is 2. The number of carbonyl (C=O) groups excluding carboxylic acids is 2. The summed E-state index contributed by atoms with van der Waals surface area (Å²) >= 11 is 0. The van der Waals surface area contributed by atoms with E-state index >= 15 is 0 Å². The summed E-state index contributed by atoms with van der Waals surface area (Å²) < 4.78 is 5.62. The van der Waals surface area contributed by atoms with Gasteiger partial charge < -0.3 is 4.74 Å². The Hall–Kier alpha value is -1.72. The first kappa shape index (κ1) is 15.2. The van der Waals surface area contributed by atoms with Crippen LogP contribution in [0.15, 0.2) is 24.3 Å². The Morgan fingerprint density at radius 2 is 1.73 bits per heavy atom. The van der Waals surface area contributed by atoms with Gasteiger partial charge in [0.15, 0.2) is 0 Å². The number of ether oxygens (including phenoxy) is 1. The van der Waals surface area contributed by atoms with E-state index in [0.717, 1.165) is 26.1 Å². The van der Waals surface area contributed by atoms with Gasteiger partial charge in [-0.3, -0.25) is 19.4 Å². The van der Waals surface area contributed by atoms with Crippen LogP contribution in [0, 0.1) is 0 Å². The number of hydrogen-bond acceptors (Lipinski definition) is 4. The predicted molar refractivity (Wildman–Crippen MR) is 82.9 cm³/mol. The minimum Gasteiger partial charge on any atom is -0.376 e.